The van der Waals surface area contributed by atoms with E-state index >= 15 is 0 Å². The number of ether oxygens (including phenoxy) is 1. The van der Waals surface area contributed by atoms with Gasteiger partial charge in [0.25, 0.3) is 0 Å². The third kappa shape index (κ3) is 2.53. The summed E-state index contributed by atoms with van der Waals surface area (Å²) in [5.74, 6) is 0.784. The molecule has 0 radical (unpaired) electrons. The van der Waals surface area contributed by atoms with E-state index in [1.165, 1.54) is 12.8 Å². The fraction of sp³-hybridized carbons (Fsp3) is 0.778. The van der Waals surface area contributed by atoms with Crippen molar-refractivity contribution in [1.29, 1.82) is 0 Å². The lowest BCUT2D eigenvalue weighted by Gasteiger charge is -2.08. The van der Waals surface area contributed by atoms with Gasteiger partial charge in [-0.15, -0.1) is 0 Å². The van der Waals surface area contributed by atoms with E-state index in [0.29, 0.717) is 0 Å². The van der Waals surface area contributed by atoms with Crippen LogP contribution in [0.25, 0.3) is 0 Å². The molecule has 1 rings (SSSR count). The van der Waals surface area contributed by atoms with Crippen molar-refractivity contribution in [1.82, 2.24) is 0 Å². The molecule has 0 fully saturated rings. The zero-order chi connectivity index (χ0) is 7.23. The molecule has 0 N–H and O–H groups in total. The smallest absolute Gasteiger partial charge is 0.0500 e. The van der Waals surface area contributed by atoms with Crippen molar-refractivity contribution >= 4 is 0 Å². The SMILES string of the molecule is CCCOCC1CC=CC1. The quantitative estimate of drug-likeness (QED) is 0.430. The molecule has 0 amide bonds. The van der Waals surface area contributed by atoms with Crippen molar-refractivity contribution in [2.24, 2.45) is 5.92 Å². The molecule has 10 heavy (non-hydrogen) atoms. The topological polar surface area (TPSA) is 9.23 Å². The molecule has 0 unspecified atom stereocenters. The van der Waals surface area contributed by atoms with Gasteiger partial charge in [0.1, 0.15) is 0 Å². The molecule has 0 spiro atoms. The minimum atomic E-state index is 0.784. The second kappa shape index (κ2) is 4.51. The van der Waals surface area contributed by atoms with Crippen LogP contribution in [-0.2, 0) is 4.74 Å². The summed E-state index contributed by atoms with van der Waals surface area (Å²) in [7, 11) is 0. The number of hydrogen-bond acceptors (Lipinski definition) is 1. The van der Waals surface area contributed by atoms with E-state index in [1.54, 1.807) is 0 Å². The number of hydrogen-bond donors (Lipinski definition) is 0. The number of rotatable bonds is 4. The van der Waals surface area contributed by atoms with Crippen molar-refractivity contribution in [2.75, 3.05) is 13.2 Å². The van der Waals surface area contributed by atoms with Crippen LogP contribution in [0.15, 0.2) is 12.2 Å². The second-order valence-corrected chi connectivity index (χ2v) is 2.88. The fourth-order valence-electron chi connectivity index (χ4n) is 1.20. The molecule has 0 aliphatic heterocycles. The fourth-order valence-corrected chi connectivity index (χ4v) is 1.20. The predicted octanol–water partition coefficient (Wildman–Crippen LogP) is 2.38. The Balaban J connectivity index is 1.93. The summed E-state index contributed by atoms with van der Waals surface area (Å²) in [5.41, 5.74) is 0. The van der Waals surface area contributed by atoms with Crippen LogP contribution in [0.3, 0.4) is 0 Å². The average Bonchev–Trinajstić information content (AvgIpc) is 2.41. The normalized spacial score (nSPS) is 18.5. The molecule has 1 aliphatic carbocycles. The van der Waals surface area contributed by atoms with Crippen LogP contribution in [0, 0.1) is 5.92 Å². The highest BCUT2D eigenvalue weighted by molar-refractivity contribution is 4.93. The molecule has 0 heterocycles. The molecule has 0 saturated carbocycles. The molecule has 1 nitrogen and oxygen atoms in total. The summed E-state index contributed by atoms with van der Waals surface area (Å²) in [5, 5.41) is 0. The summed E-state index contributed by atoms with van der Waals surface area (Å²) >= 11 is 0. The lowest BCUT2D eigenvalue weighted by Crippen LogP contribution is -2.05. The summed E-state index contributed by atoms with van der Waals surface area (Å²) in [4.78, 5) is 0. The Labute approximate surface area is 63.1 Å². The Hall–Kier alpha value is -0.300. The maximum atomic E-state index is 5.43. The Kier molecular flexibility index (Phi) is 3.52. The van der Waals surface area contributed by atoms with Crippen molar-refractivity contribution in [3.63, 3.8) is 0 Å². The highest BCUT2D eigenvalue weighted by Crippen LogP contribution is 2.17. The third-order valence-electron chi connectivity index (χ3n) is 1.81. The van der Waals surface area contributed by atoms with E-state index in [9.17, 15) is 0 Å². The first-order chi connectivity index (χ1) is 4.93. The van der Waals surface area contributed by atoms with Crippen LogP contribution in [0.5, 0.6) is 0 Å². The van der Waals surface area contributed by atoms with Crippen LogP contribution in [0.1, 0.15) is 26.2 Å². The largest absolute Gasteiger partial charge is 0.381 e. The van der Waals surface area contributed by atoms with Crippen molar-refractivity contribution < 1.29 is 4.74 Å². The minimum Gasteiger partial charge on any atom is -0.381 e. The molecular weight excluding hydrogens is 124 g/mol. The molecule has 0 aromatic rings. The zero-order valence-corrected chi connectivity index (χ0v) is 6.68. The van der Waals surface area contributed by atoms with Crippen LogP contribution in [-0.4, -0.2) is 13.2 Å². The Morgan fingerprint density at radius 1 is 1.40 bits per heavy atom. The lowest BCUT2D eigenvalue weighted by atomic mass is 10.1. The molecule has 0 aromatic carbocycles. The van der Waals surface area contributed by atoms with E-state index in [-0.39, 0.29) is 0 Å². The van der Waals surface area contributed by atoms with Gasteiger partial charge >= 0.3 is 0 Å². The van der Waals surface area contributed by atoms with Gasteiger partial charge in [-0.3, -0.25) is 0 Å². The standard InChI is InChI=1S/C9H16O/c1-2-7-10-8-9-5-3-4-6-9/h3-4,9H,2,5-8H2,1H3. The Morgan fingerprint density at radius 3 is 2.70 bits per heavy atom. The molecule has 0 bridgehead atoms. The van der Waals surface area contributed by atoms with E-state index in [2.05, 4.69) is 19.1 Å². The molecule has 58 valence electrons. The predicted molar refractivity (Wildman–Crippen MR) is 43.0 cm³/mol. The van der Waals surface area contributed by atoms with Crippen molar-refractivity contribution in [2.45, 2.75) is 26.2 Å². The number of allylic oxidation sites excluding steroid dienone is 2. The van der Waals surface area contributed by atoms with E-state index in [1.807, 2.05) is 0 Å². The monoisotopic (exact) mass is 140 g/mol. The first-order valence-electron chi connectivity index (χ1n) is 4.16. The average molecular weight is 140 g/mol. The summed E-state index contributed by atoms with van der Waals surface area (Å²) in [6.07, 6.45) is 8.09. The minimum absolute atomic E-state index is 0.784. The van der Waals surface area contributed by atoms with Gasteiger partial charge in [0.2, 0.25) is 0 Å². The van der Waals surface area contributed by atoms with E-state index < -0.39 is 0 Å². The van der Waals surface area contributed by atoms with Crippen LogP contribution < -0.4 is 0 Å². The zero-order valence-electron chi connectivity index (χ0n) is 6.68. The van der Waals surface area contributed by atoms with Gasteiger partial charge in [0, 0.05) is 13.2 Å². The first kappa shape index (κ1) is 7.80. The maximum absolute atomic E-state index is 5.43. The van der Waals surface area contributed by atoms with Crippen molar-refractivity contribution in [3.8, 4) is 0 Å². The van der Waals surface area contributed by atoms with Gasteiger partial charge in [0.05, 0.1) is 0 Å². The Morgan fingerprint density at radius 2 is 2.10 bits per heavy atom. The van der Waals surface area contributed by atoms with E-state index in [0.717, 1.165) is 25.6 Å². The van der Waals surface area contributed by atoms with Gasteiger partial charge in [-0.05, 0) is 25.2 Å². The van der Waals surface area contributed by atoms with Crippen LogP contribution >= 0.6 is 0 Å². The second-order valence-electron chi connectivity index (χ2n) is 2.88. The van der Waals surface area contributed by atoms with Gasteiger partial charge in [-0.25, -0.2) is 0 Å². The molecule has 1 aliphatic rings. The maximum Gasteiger partial charge on any atom is 0.0500 e. The van der Waals surface area contributed by atoms with Crippen LogP contribution in [0.4, 0.5) is 0 Å². The van der Waals surface area contributed by atoms with E-state index in [4.69, 9.17) is 4.74 Å². The first-order valence-corrected chi connectivity index (χ1v) is 4.16. The summed E-state index contributed by atoms with van der Waals surface area (Å²) in [6.45, 7) is 4.03. The van der Waals surface area contributed by atoms with Gasteiger partial charge in [-0.1, -0.05) is 19.1 Å². The third-order valence-corrected chi connectivity index (χ3v) is 1.81. The van der Waals surface area contributed by atoms with Gasteiger partial charge < -0.3 is 4.74 Å². The Bertz CT molecular complexity index is 99.3. The molecule has 0 saturated heterocycles. The van der Waals surface area contributed by atoms with Crippen molar-refractivity contribution in [3.05, 3.63) is 12.2 Å². The van der Waals surface area contributed by atoms with Gasteiger partial charge in [-0.2, -0.15) is 0 Å². The summed E-state index contributed by atoms with van der Waals surface area (Å²) in [6, 6.07) is 0. The highest BCUT2D eigenvalue weighted by atomic mass is 16.5. The summed E-state index contributed by atoms with van der Waals surface area (Å²) < 4.78 is 5.43. The van der Waals surface area contributed by atoms with Crippen LogP contribution in [0.2, 0.25) is 0 Å². The molecular formula is C9H16O. The highest BCUT2D eigenvalue weighted by Gasteiger charge is 2.08. The lowest BCUT2D eigenvalue weighted by molar-refractivity contribution is 0.104. The molecule has 0 aromatic heterocycles. The van der Waals surface area contributed by atoms with Gasteiger partial charge in [0.15, 0.2) is 0 Å². The molecule has 0 atom stereocenters. The molecule has 1 heteroatoms.